The Morgan fingerprint density at radius 1 is 1.59 bits per heavy atom. The first-order chi connectivity index (χ1) is 8.02. The van der Waals surface area contributed by atoms with E-state index in [0.29, 0.717) is 12.8 Å². The highest BCUT2D eigenvalue weighted by Gasteiger charge is 2.25. The number of hydrogen-bond acceptors (Lipinski definition) is 3. The van der Waals surface area contributed by atoms with E-state index < -0.39 is 17.0 Å². The van der Waals surface area contributed by atoms with Gasteiger partial charge in [0.2, 0.25) is 0 Å². The fraction of sp³-hybridized carbons (Fsp3) is 0.500. The Morgan fingerprint density at radius 3 is 2.82 bits per heavy atom. The fourth-order valence-corrected chi connectivity index (χ4v) is 1.52. The van der Waals surface area contributed by atoms with Crippen LogP contribution in [0, 0.1) is 0 Å². The molecule has 1 atom stereocenters. The van der Waals surface area contributed by atoms with Crippen LogP contribution < -0.4 is 10.9 Å². The predicted molar refractivity (Wildman–Crippen MR) is 64.9 cm³/mol. The molecule has 0 spiro atoms. The monoisotopic (exact) mass is 238 g/mol. The molecule has 17 heavy (non-hydrogen) atoms. The highest BCUT2D eigenvalue weighted by molar-refractivity contribution is 5.94. The molecule has 0 saturated carbocycles. The Balaban J connectivity index is 2.85. The molecule has 0 bridgehead atoms. The van der Waals surface area contributed by atoms with E-state index in [4.69, 9.17) is 5.11 Å². The number of rotatable bonds is 5. The summed E-state index contributed by atoms with van der Waals surface area (Å²) in [5.74, 6) is -0.412. The summed E-state index contributed by atoms with van der Waals surface area (Å²) in [5, 5.41) is 11.7. The summed E-state index contributed by atoms with van der Waals surface area (Å²) in [6.45, 7) is 3.76. The molecular weight excluding hydrogens is 220 g/mol. The Hall–Kier alpha value is -1.62. The van der Waals surface area contributed by atoms with Crippen molar-refractivity contribution in [2.24, 2.45) is 0 Å². The van der Waals surface area contributed by atoms with E-state index >= 15 is 0 Å². The fourth-order valence-electron chi connectivity index (χ4n) is 1.52. The second-order valence-electron chi connectivity index (χ2n) is 4.25. The lowest BCUT2D eigenvalue weighted by atomic mass is 9.94. The number of aromatic nitrogens is 1. The maximum absolute atomic E-state index is 11.9. The molecule has 94 valence electrons. The van der Waals surface area contributed by atoms with Crippen LogP contribution in [0.2, 0.25) is 0 Å². The Bertz CT molecular complexity index is 441. The van der Waals surface area contributed by atoms with Crippen LogP contribution >= 0.6 is 0 Å². The predicted octanol–water partition coefficient (Wildman–Crippen LogP) is 0.656. The third-order valence-corrected chi connectivity index (χ3v) is 2.92. The van der Waals surface area contributed by atoms with Crippen molar-refractivity contribution in [3.8, 4) is 0 Å². The number of pyridine rings is 1. The van der Waals surface area contributed by atoms with E-state index in [2.05, 4.69) is 10.3 Å². The maximum atomic E-state index is 11.9. The lowest BCUT2D eigenvalue weighted by Gasteiger charge is -2.28. The van der Waals surface area contributed by atoms with Gasteiger partial charge < -0.3 is 15.4 Å². The normalized spacial score (nSPS) is 14.1. The average molecular weight is 238 g/mol. The van der Waals surface area contributed by atoms with Crippen molar-refractivity contribution in [1.82, 2.24) is 10.3 Å². The van der Waals surface area contributed by atoms with Crippen LogP contribution in [0.3, 0.4) is 0 Å². The van der Waals surface area contributed by atoms with E-state index in [9.17, 15) is 9.59 Å². The van der Waals surface area contributed by atoms with Gasteiger partial charge in [-0.1, -0.05) is 6.92 Å². The van der Waals surface area contributed by atoms with E-state index in [1.165, 1.54) is 12.3 Å². The third kappa shape index (κ3) is 3.42. The van der Waals surface area contributed by atoms with Crippen LogP contribution in [0.25, 0.3) is 0 Å². The molecule has 0 saturated heterocycles. The molecule has 1 heterocycles. The van der Waals surface area contributed by atoms with Crippen molar-refractivity contribution >= 4 is 5.91 Å². The molecule has 0 fully saturated rings. The first-order valence-corrected chi connectivity index (χ1v) is 5.63. The zero-order chi connectivity index (χ0) is 12.9. The molecule has 0 aromatic carbocycles. The van der Waals surface area contributed by atoms with Crippen molar-refractivity contribution in [2.45, 2.75) is 32.2 Å². The van der Waals surface area contributed by atoms with Crippen LogP contribution in [0.4, 0.5) is 0 Å². The lowest BCUT2D eigenvalue weighted by Crippen LogP contribution is -2.47. The molecule has 1 amide bonds. The highest BCUT2D eigenvalue weighted by Crippen LogP contribution is 2.14. The molecule has 0 aliphatic heterocycles. The van der Waals surface area contributed by atoms with Crippen LogP contribution in [0.5, 0.6) is 0 Å². The summed E-state index contributed by atoms with van der Waals surface area (Å²) in [5.41, 5.74) is -0.814. The van der Waals surface area contributed by atoms with Crippen LogP contribution in [-0.2, 0) is 0 Å². The van der Waals surface area contributed by atoms with Gasteiger partial charge in [-0.3, -0.25) is 9.59 Å². The van der Waals surface area contributed by atoms with Crippen molar-refractivity contribution in [1.29, 1.82) is 0 Å². The minimum absolute atomic E-state index is 0.00420. The standard InChI is InChI=1S/C12H18N2O3/c1-3-12(2,6-8-15)14-11(17)9-5-4-7-13-10(9)16/h4-5,7,15H,3,6,8H2,1-2H3,(H,13,16)(H,14,17). The van der Waals surface area contributed by atoms with Crippen LogP contribution in [-0.4, -0.2) is 28.1 Å². The van der Waals surface area contributed by atoms with E-state index in [1.54, 1.807) is 6.07 Å². The molecule has 0 radical (unpaired) electrons. The molecular formula is C12H18N2O3. The zero-order valence-electron chi connectivity index (χ0n) is 10.1. The first kappa shape index (κ1) is 13.4. The number of amides is 1. The number of hydrogen-bond donors (Lipinski definition) is 3. The van der Waals surface area contributed by atoms with Gasteiger partial charge >= 0.3 is 0 Å². The number of H-pyrrole nitrogens is 1. The highest BCUT2D eigenvalue weighted by atomic mass is 16.3. The molecule has 1 aromatic rings. The third-order valence-electron chi connectivity index (χ3n) is 2.92. The van der Waals surface area contributed by atoms with Gasteiger partial charge in [-0.25, -0.2) is 0 Å². The van der Waals surface area contributed by atoms with Gasteiger partial charge in [0.1, 0.15) is 5.56 Å². The summed E-state index contributed by atoms with van der Waals surface area (Å²) in [6, 6.07) is 3.08. The van der Waals surface area contributed by atoms with Gasteiger partial charge in [-0.15, -0.1) is 0 Å². The second-order valence-corrected chi connectivity index (χ2v) is 4.25. The van der Waals surface area contributed by atoms with E-state index in [-0.39, 0.29) is 12.2 Å². The van der Waals surface area contributed by atoms with Gasteiger partial charge in [0.25, 0.3) is 11.5 Å². The number of aliphatic hydroxyl groups excluding tert-OH is 1. The van der Waals surface area contributed by atoms with E-state index in [1.807, 2.05) is 13.8 Å². The number of carbonyl (C=O) groups is 1. The molecule has 0 aliphatic carbocycles. The quantitative estimate of drug-likeness (QED) is 0.704. The molecule has 5 heteroatoms. The van der Waals surface area contributed by atoms with Crippen molar-refractivity contribution in [3.63, 3.8) is 0 Å². The lowest BCUT2D eigenvalue weighted by molar-refractivity contribution is 0.0884. The Morgan fingerprint density at radius 2 is 2.29 bits per heavy atom. The van der Waals surface area contributed by atoms with Crippen molar-refractivity contribution < 1.29 is 9.90 Å². The molecule has 5 nitrogen and oxygen atoms in total. The smallest absolute Gasteiger partial charge is 0.260 e. The van der Waals surface area contributed by atoms with Gasteiger partial charge in [0.15, 0.2) is 0 Å². The molecule has 1 rings (SSSR count). The molecule has 1 aromatic heterocycles. The topological polar surface area (TPSA) is 82.2 Å². The van der Waals surface area contributed by atoms with Crippen LogP contribution in [0.15, 0.2) is 23.1 Å². The first-order valence-electron chi connectivity index (χ1n) is 5.63. The maximum Gasteiger partial charge on any atom is 0.260 e. The van der Waals surface area contributed by atoms with Crippen molar-refractivity contribution in [2.75, 3.05) is 6.61 Å². The van der Waals surface area contributed by atoms with Gasteiger partial charge in [0, 0.05) is 18.3 Å². The van der Waals surface area contributed by atoms with Crippen molar-refractivity contribution in [3.05, 3.63) is 34.2 Å². The Kier molecular flexibility index (Phi) is 4.45. The summed E-state index contributed by atoms with van der Waals surface area (Å²) in [4.78, 5) is 25.8. The second kappa shape index (κ2) is 5.63. The van der Waals surface area contributed by atoms with Gasteiger partial charge in [0.05, 0.1) is 0 Å². The SMILES string of the molecule is CCC(C)(CCO)NC(=O)c1ccc[nH]c1=O. The zero-order valence-corrected chi connectivity index (χ0v) is 10.1. The number of aromatic amines is 1. The molecule has 1 unspecified atom stereocenters. The van der Waals surface area contributed by atoms with Gasteiger partial charge in [-0.2, -0.15) is 0 Å². The number of carbonyl (C=O) groups excluding carboxylic acids is 1. The minimum atomic E-state index is -0.492. The molecule has 3 N–H and O–H groups in total. The summed E-state index contributed by atoms with van der Waals surface area (Å²) in [7, 11) is 0. The minimum Gasteiger partial charge on any atom is -0.396 e. The largest absolute Gasteiger partial charge is 0.396 e. The summed E-state index contributed by atoms with van der Waals surface area (Å²) in [6.07, 6.45) is 2.62. The van der Waals surface area contributed by atoms with E-state index in [0.717, 1.165) is 0 Å². The number of aliphatic hydroxyl groups is 1. The number of nitrogens with one attached hydrogen (secondary N) is 2. The summed E-state index contributed by atoms with van der Waals surface area (Å²) < 4.78 is 0. The Labute approximate surface area is 99.9 Å². The molecule has 0 aliphatic rings. The van der Waals surface area contributed by atoms with Gasteiger partial charge in [-0.05, 0) is 31.9 Å². The average Bonchev–Trinajstić information content (AvgIpc) is 2.29. The van der Waals surface area contributed by atoms with Crippen LogP contribution in [0.1, 0.15) is 37.0 Å². The summed E-state index contributed by atoms with van der Waals surface area (Å²) >= 11 is 0.